The van der Waals surface area contributed by atoms with Gasteiger partial charge in [-0.05, 0) is 36.1 Å². The number of halogens is 3. The molecule has 0 heterocycles. The summed E-state index contributed by atoms with van der Waals surface area (Å²) in [6, 6.07) is 5.01. The molecule has 21 heavy (non-hydrogen) atoms. The van der Waals surface area contributed by atoms with Crippen LogP contribution in [0.1, 0.15) is 17.5 Å². The third kappa shape index (κ3) is 6.53. The van der Waals surface area contributed by atoms with Crippen LogP contribution in [0.4, 0.5) is 13.2 Å². The molecular formula is C12H16BF3N4O. The molecule has 1 atom stereocenters. The standard InChI is InChI=1S/C12H16BF3N4O/c1-21-13-19-11(6-7-18-20-17)8-9-2-4-10(5-3-9)12(14,15)16/h2-5,11,13,19H,6-8H2,1H3/t11-/m1/s1. The SMILES string of the molecule is COBN[C@H](CCN=[N+]=[N-])Cc1ccc(C(F)(F)F)cc1. The van der Waals surface area contributed by atoms with Crippen LogP contribution in [0.5, 0.6) is 0 Å². The molecule has 5 nitrogen and oxygen atoms in total. The molecule has 0 aliphatic heterocycles. The summed E-state index contributed by atoms with van der Waals surface area (Å²) in [5, 5.41) is 6.55. The number of nitrogens with zero attached hydrogens (tertiary/aromatic N) is 3. The first-order valence-corrected chi connectivity index (χ1v) is 6.36. The molecule has 0 aliphatic carbocycles. The van der Waals surface area contributed by atoms with E-state index in [4.69, 9.17) is 10.2 Å². The maximum atomic E-state index is 12.5. The van der Waals surface area contributed by atoms with Gasteiger partial charge in [0, 0.05) is 24.6 Å². The van der Waals surface area contributed by atoms with E-state index in [-0.39, 0.29) is 6.04 Å². The van der Waals surface area contributed by atoms with E-state index in [1.807, 2.05) is 0 Å². The van der Waals surface area contributed by atoms with Gasteiger partial charge in [-0.3, -0.25) is 0 Å². The summed E-state index contributed by atoms with van der Waals surface area (Å²) in [6.07, 6.45) is -3.22. The number of hydrogen-bond acceptors (Lipinski definition) is 3. The van der Waals surface area contributed by atoms with Crippen LogP contribution >= 0.6 is 0 Å². The zero-order valence-corrected chi connectivity index (χ0v) is 11.6. The molecule has 0 radical (unpaired) electrons. The van der Waals surface area contributed by atoms with Gasteiger partial charge >= 0.3 is 13.8 Å². The Labute approximate surface area is 121 Å². The highest BCUT2D eigenvalue weighted by atomic mass is 19.4. The van der Waals surface area contributed by atoms with Gasteiger partial charge in [-0.2, -0.15) is 13.2 Å². The largest absolute Gasteiger partial charge is 0.427 e. The number of hydrogen-bond donors (Lipinski definition) is 1. The Kier molecular flexibility index (Phi) is 7.08. The molecular weight excluding hydrogens is 284 g/mol. The lowest BCUT2D eigenvalue weighted by atomic mass is 9.99. The number of benzene rings is 1. The molecule has 0 fully saturated rings. The predicted octanol–water partition coefficient (Wildman–Crippen LogP) is 2.82. The summed E-state index contributed by atoms with van der Waals surface area (Å²) in [7, 11) is 1.86. The molecule has 0 saturated carbocycles. The van der Waals surface area contributed by atoms with Crippen molar-refractivity contribution in [1.29, 1.82) is 0 Å². The molecule has 0 spiro atoms. The highest BCUT2D eigenvalue weighted by Crippen LogP contribution is 2.29. The predicted molar refractivity (Wildman–Crippen MR) is 74.9 cm³/mol. The number of nitrogens with one attached hydrogen (secondary N) is 1. The average Bonchev–Trinajstić information content (AvgIpc) is 2.44. The second-order valence-electron chi connectivity index (χ2n) is 4.48. The van der Waals surface area contributed by atoms with E-state index in [1.54, 1.807) is 0 Å². The molecule has 0 saturated heterocycles. The van der Waals surface area contributed by atoms with Gasteiger partial charge in [0.1, 0.15) is 0 Å². The third-order valence-corrected chi connectivity index (χ3v) is 2.92. The van der Waals surface area contributed by atoms with Gasteiger partial charge < -0.3 is 9.88 Å². The van der Waals surface area contributed by atoms with Crippen molar-refractivity contribution in [3.63, 3.8) is 0 Å². The minimum absolute atomic E-state index is 0.0350. The molecule has 1 rings (SSSR count). The Morgan fingerprint density at radius 2 is 2.05 bits per heavy atom. The average molecular weight is 300 g/mol. The van der Waals surface area contributed by atoms with Crippen LogP contribution in [-0.2, 0) is 17.3 Å². The van der Waals surface area contributed by atoms with Gasteiger partial charge in [0.05, 0.1) is 5.56 Å². The summed E-state index contributed by atoms with van der Waals surface area (Å²) < 4.78 is 42.4. The van der Waals surface area contributed by atoms with E-state index in [0.717, 1.165) is 17.7 Å². The molecule has 114 valence electrons. The monoisotopic (exact) mass is 300 g/mol. The van der Waals surface area contributed by atoms with Crippen LogP contribution in [0.25, 0.3) is 10.4 Å². The van der Waals surface area contributed by atoms with E-state index < -0.39 is 11.7 Å². The fraction of sp³-hybridized carbons (Fsp3) is 0.500. The lowest BCUT2D eigenvalue weighted by molar-refractivity contribution is -0.137. The molecule has 1 aromatic rings. The molecule has 0 unspecified atom stereocenters. The Morgan fingerprint density at radius 1 is 1.38 bits per heavy atom. The zero-order valence-electron chi connectivity index (χ0n) is 11.6. The van der Waals surface area contributed by atoms with E-state index in [9.17, 15) is 13.2 Å². The van der Waals surface area contributed by atoms with Crippen molar-refractivity contribution in [3.05, 3.63) is 45.8 Å². The maximum absolute atomic E-state index is 12.5. The summed E-state index contributed by atoms with van der Waals surface area (Å²) in [5.41, 5.74) is 8.37. The first kappa shape index (κ1) is 17.4. The molecule has 0 aliphatic rings. The van der Waals surface area contributed by atoms with Gasteiger partial charge in [-0.1, -0.05) is 17.2 Å². The smallest absolute Gasteiger partial charge is 0.416 e. The number of rotatable bonds is 8. The highest BCUT2D eigenvalue weighted by Gasteiger charge is 2.29. The van der Waals surface area contributed by atoms with Crippen molar-refractivity contribution < 1.29 is 17.8 Å². The highest BCUT2D eigenvalue weighted by molar-refractivity contribution is 6.23. The molecule has 0 amide bonds. The van der Waals surface area contributed by atoms with Crippen molar-refractivity contribution in [3.8, 4) is 0 Å². The molecule has 9 heteroatoms. The van der Waals surface area contributed by atoms with Gasteiger partial charge in [0.2, 0.25) is 0 Å². The van der Waals surface area contributed by atoms with Crippen molar-refractivity contribution in [2.75, 3.05) is 13.7 Å². The van der Waals surface area contributed by atoms with Gasteiger partial charge in [-0.25, -0.2) is 0 Å². The van der Waals surface area contributed by atoms with Gasteiger partial charge in [0.25, 0.3) is 0 Å². The summed E-state index contributed by atoms with van der Waals surface area (Å²) in [4.78, 5) is 2.67. The Morgan fingerprint density at radius 3 is 2.57 bits per heavy atom. The topological polar surface area (TPSA) is 70.0 Å². The van der Waals surface area contributed by atoms with E-state index in [0.29, 0.717) is 27.0 Å². The zero-order chi connectivity index (χ0) is 15.7. The Bertz CT molecular complexity index is 474. The van der Waals surface area contributed by atoms with Crippen molar-refractivity contribution >= 4 is 7.62 Å². The normalized spacial score (nSPS) is 12.6. The van der Waals surface area contributed by atoms with E-state index >= 15 is 0 Å². The van der Waals surface area contributed by atoms with Crippen molar-refractivity contribution in [1.82, 2.24) is 5.23 Å². The first-order valence-electron chi connectivity index (χ1n) is 6.36. The Balaban J connectivity index is 2.66. The van der Waals surface area contributed by atoms with Crippen LogP contribution < -0.4 is 5.23 Å². The quantitative estimate of drug-likeness (QED) is 0.347. The fourth-order valence-electron chi connectivity index (χ4n) is 1.85. The van der Waals surface area contributed by atoms with E-state index in [2.05, 4.69) is 15.3 Å². The van der Waals surface area contributed by atoms with E-state index in [1.165, 1.54) is 19.2 Å². The molecule has 1 aromatic carbocycles. The first-order chi connectivity index (χ1) is 9.97. The summed E-state index contributed by atoms with van der Waals surface area (Å²) in [5.74, 6) is 0. The Hall–Kier alpha value is -1.70. The van der Waals surface area contributed by atoms with Gasteiger partial charge in [-0.15, -0.1) is 0 Å². The van der Waals surface area contributed by atoms with Crippen LogP contribution in [0, 0.1) is 0 Å². The molecule has 0 bridgehead atoms. The lowest BCUT2D eigenvalue weighted by Gasteiger charge is -2.17. The molecule has 1 N–H and O–H groups in total. The number of alkyl halides is 3. The summed E-state index contributed by atoms with van der Waals surface area (Å²) in [6.45, 7) is 0.318. The third-order valence-electron chi connectivity index (χ3n) is 2.92. The minimum atomic E-state index is -4.33. The van der Waals surface area contributed by atoms with Crippen LogP contribution in [0.2, 0.25) is 0 Å². The van der Waals surface area contributed by atoms with Crippen LogP contribution in [0.15, 0.2) is 29.4 Å². The maximum Gasteiger partial charge on any atom is 0.416 e. The van der Waals surface area contributed by atoms with Crippen molar-refractivity contribution in [2.24, 2.45) is 5.11 Å². The second kappa shape index (κ2) is 8.56. The van der Waals surface area contributed by atoms with Crippen LogP contribution in [-0.4, -0.2) is 27.3 Å². The second-order valence-corrected chi connectivity index (χ2v) is 4.48. The van der Waals surface area contributed by atoms with Crippen molar-refractivity contribution in [2.45, 2.75) is 25.1 Å². The van der Waals surface area contributed by atoms with Crippen LogP contribution in [0.3, 0.4) is 0 Å². The van der Waals surface area contributed by atoms with Gasteiger partial charge in [0.15, 0.2) is 0 Å². The fourth-order valence-corrected chi connectivity index (χ4v) is 1.85. The lowest BCUT2D eigenvalue weighted by Crippen LogP contribution is -2.35. The summed E-state index contributed by atoms with van der Waals surface area (Å²) >= 11 is 0. The minimum Gasteiger partial charge on any atom is -0.427 e. The number of azide groups is 1. The molecule has 0 aromatic heterocycles.